The van der Waals surface area contributed by atoms with Crippen LogP contribution in [0.4, 0.5) is 9.59 Å². The molecule has 1 aromatic carbocycles. The summed E-state index contributed by atoms with van der Waals surface area (Å²) in [6.07, 6.45) is 0.814. The Morgan fingerprint density at radius 2 is 2.00 bits per heavy atom. The summed E-state index contributed by atoms with van der Waals surface area (Å²) < 4.78 is 5.77. The summed E-state index contributed by atoms with van der Waals surface area (Å²) in [5, 5.41) is 5.55. The Balaban J connectivity index is 1.56. The highest BCUT2D eigenvalue weighted by atomic mass is 79.9. The van der Waals surface area contributed by atoms with E-state index < -0.39 is 23.4 Å². The van der Waals surface area contributed by atoms with Gasteiger partial charge in [0.05, 0.1) is 6.61 Å². The van der Waals surface area contributed by atoms with Crippen molar-refractivity contribution in [2.75, 3.05) is 26.2 Å². The van der Waals surface area contributed by atoms with E-state index in [-0.39, 0.29) is 18.7 Å². The van der Waals surface area contributed by atoms with Crippen LogP contribution >= 0.6 is 15.9 Å². The molecule has 162 valence electrons. The third kappa shape index (κ3) is 4.58. The van der Waals surface area contributed by atoms with Gasteiger partial charge in [0.25, 0.3) is 5.91 Å². The van der Waals surface area contributed by atoms with Crippen molar-refractivity contribution in [1.82, 2.24) is 20.4 Å². The minimum absolute atomic E-state index is 0.125. The average Bonchev–Trinajstić information content (AvgIpc) is 2.93. The molecule has 0 unspecified atom stereocenters. The lowest BCUT2D eigenvalue weighted by atomic mass is 9.92. The van der Waals surface area contributed by atoms with E-state index in [1.165, 1.54) is 0 Å². The van der Waals surface area contributed by atoms with Gasteiger partial charge in [-0.3, -0.25) is 14.5 Å². The molecular formula is C20H25BrN4O5. The monoisotopic (exact) mass is 480 g/mol. The largest absolute Gasteiger partial charge is 0.450 e. The molecule has 30 heavy (non-hydrogen) atoms. The SMILES string of the molecule is CCOC(=O)N1CCC(NC(=O)CN2C(=O)N[C@](C)(c3cccc(Br)c3)C2=O)CC1. The summed E-state index contributed by atoms with van der Waals surface area (Å²) >= 11 is 3.37. The Kier molecular flexibility index (Phi) is 6.64. The van der Waals surface area contributed by atoms with Gasteiger partial charge in [0.2, 0.25) is 5.91 Å². The zero-order valence-corrected chi connectivity index (χ0v) is 18.5. The molecule has 2 fully saturated rings. The number of carbonyl (C=O) groups is 4. The van der Waals surface area contributed by atoms with E-state index in [0.29, 0.717) is 38.1 Å². The smallest absolute Gasteiger partial charge is 0.409 e. The Morgan fingerprint density at radius 1 is 1.30 bits per heavy atom. The first-order valence-electron chi connectivity index (χ1n) is 9.85. The number of amides is 5. The number of piperidine rings is 1. The summed E-state index contributed by atoms with van der Waals surface area (Å²) in [5.74, 6) is -0.885. The molecule has 2 heterocycles. The molecule has 10 heteroatoms. The number of likely N-dealkylation sites (tertiary alicyclic amines) is 1. The van der Waals surface area contributed by atoms with Crippen LogP contribution in [0.3, 0.4) is 0 Å². The molecule has 0 spiro atoms. The average molecular weight is 481 g/mol. The molecule has 2 N–H and O–H groups in total. The van der Waals surface area contributed by atoms with Crippen molar-refractivity contribution in [3.05, 3.63) is 34.3 Å². The van der Waals surface area contributed by atoms with Crippen LogP contribution in [0.15, 0.2) is 28.7 Å². The van der Waals surface area contributed by atoms with Crippen LogP contribution in [0, 0.1) is 0 Å². The summed E-state index contributed by atoms with van der Waals surface area (Å²) in [5.41, 5.74) is -0.601. The van der Waals surface area contributed by atoms with Gasteiger partial charge in [-0.2, -0.15) is 0 Å². The third-order valence-electron chi connectivity index (χ3n) is 5.36. The minimum atomic E-state index is -1.23. The van der Waals surface area contributed by atoms with Crippen molar-refractivity contribution in [2.45, 2.75) is 38.3 Å². The van der Waals surface area contributed by atoms with Gasteiger partial charge in [-0.25, -0.2) is 9.59 Å². The first-order chi connectivity index (χ1) is 14.2. The van der Waals surface area contributed by atoms with E-state index in [1.807, 2.05) is 6.07 Å². The van der Waals surface area contributed by atoms with Crippen molar-refractivity contribution < 1.29 is 23.9 Å². The van der Waals surface area contributed by atoms with E-state index in [4.69, 9.17) is 4.74 Å². The normalized spacial score (nSPS) is 22.1. The maximum atomic E-state index is 12.9. The molecule has 2 aliphatic rings. The zero-order chi connectivity index (χ0) is 21.9. The van der Waals surface area contributed by atoms with Gasteiger partial charge >= 0.3 is 12.1 Å². The van der Waals surface area contributed by atoms with Crippen LogP contribution in [-0.2, 0) is 19.9 Å². The predicted octanol–water partition coefficient (Wildman–Crippen LogP) is 1.95. The minimum Gasteiger partial charge on any atom is -0.450 e. The standard InChI is InChI=1S/C20H25BrN4O5/c1-3-30-19(29)24-9-7-15(8-10-24)22-16(26)12-25-17(27)20(2,23-18(25)28)13-5-4-6-14(21)11-13/h4-6,11,15H,3,7-10,12H2,1-2H3,(H,22,26)(H,23,28)/t20-/m1/s1. The van der Waals surface area contributed by atoms with Crippen molar-refractivity contribution in [3.63, 3.8) is 0 Å². The van der Waals surface area contributed by atoms with Gasteiger partial charge < -0.3 is 20.3 Å². The fourth-order valence-corrected chi connectivity index (χ4v) is 4.07. The molecule has 5 amide bonds. The number of nitrogens with zero attached hydrogens (tertiary/aromatic N) is 2. The number of benzene rings is 1. The predicted molar refractivity (Wildman–Crippen MR) is 111 cm³/mol. The van der Waals surface area contributed by atoms with Gasteiger partial charge in [0.15, 0.2) is 0 Å². The zero-order valence-electron chi connectivity index (χ0n) is 16.9. The molecule has 0 saturated carbocycles. The van der Waals surface area contributed by atoms with Gasteiger partial charge in [0.1, 0.15) is 12.1 Å². The van der Waals surface area contributed by atoms with E-state index in [2.05, 4.69) is 26.6 Å². The highest BCUT2D eigenvalue weighted by Gasteiger charge is 2.49. The summed E-state index contributed by atoms with van der Waals surface area (Å²) in [6, 6.07) is 6.40. The molecule has 0 bridgehead atoms. The highest BCUT2D eigenvalue weighted by Crippen LogP contribution is 2.30. The number of imide groups is 1. The molecule has 0 aromatic heterocycles. The van der Waals surface area contributed by atoms with Crippen LogP contribution < -0.4 is 10.6 Å². The number of hydrogen-bond acceptors (Lipinski definition) is 5. The summed E-state index contributed by atoms with van der Waals surface area (Å²) in [7, 11) is 0. The number of urea groups is 1. The Hall–Kier alpha value is -2.62. The molecular weight excluding hydrogens is 456 g/mol. The number of hydrogen-bond donors (Lipinski definition) is 2. The topological polar surface area (TPSA) is 108 Å². The van der Waals surface area contributed by atoms with Gasteiger partial charge in [-0.15, -0.1) is 0 Å². The molecule has 9 nitrogen and oxygen atoms in total. The molecule has 0 radical (unpaired) electrons. The second-order valence-electron chi connectivity index (χ2n) is 7.48. The van der Waals surface area contributed by atoms with Crippen molar-refractivity contribution in [3.8, 4) is 0 Å². The molecule has 0 aliphatic carbocycles. The maximum absolute atomic E-state index is 12.9. The summed E-state index contributed by atoms with van der Waals surface area (Å²) in [4.78, 5) is 52.1. The Bertz CT molecular complexity index is 855. The van der Waals surface area contributed by atoms with Crippen molar-refractivity contribution in [1.29, 1.82) is 0 Å². The first-order valence-corrected chi connectivity index (χ1v) is 10.6. The van der Waals surface area contributed by atoms with E-state index >= 15 is 0 Å². The first kappa shape index (κ1) is 22.1. The Morgan fingerprint density at radius 3 is 2.63 bits per heavy atom. The van der Waals surface area contributed by atoms with Crippen LogP contribution in [0.5, 0.6) is 0 Å². The Labute approximate surface area is 183 Å². The second kappa shape index (κ2) is 9.03. The lowest BCUT2D eigenvalue weighted by Crippen LogP contribution is -2.49. The lowest BCUT2D eigenvalue weighted by molar-refractivity contribution is -0.135. The van der Waals surface area contributed by atoms with E-state index in [1.54, 1.807) is 36.9 Å². The maximum Gasteiger partial charge on any atom is 0.409 e. The molecule has 1 aromatic rings. The number of rotatable bonds is 5. The highest BCUT2D eigenvalue weighted by molar-refractivity contribution is 9.10. The summed E-state index contributed by atoms with van der Waals surface area (Å²) in [6.45, 7) is 4.30. The van der Waals surface area contributed by atoms with E-state index in [9.17, 15) is 19.2 Å². The fourth-order valence-electron chi connectivity index (χ4n) is 3.67. The van der Waals surface area contributed by atoms with Crippen molar-refractivity contribution in [2.24, 2.45) is 0 Å². The van der Waals surface area contributed by atoms with Gasteiger partial charge in [-0.1, -0.05) is 28.1 Å². The number of ether oxygens (including phenoxy) is 1. The number of halogens is 1. The van der Waals surface area contributed by atoms with Crippen LogP contribution in [0.25, 0.3) is 0 Å². The number of nitrogens with one attached hydrogen (secondary N) is 2. The van der Waals surface area contributed by atoms with Crippen molar-refractivity contribution >= 4 is 39.9 Å². The lowest BCUT2D eigenvalue weighted by Gasteiger charge is -2.31. The van der Waals surface area contributed by atoms with Gasteiger partial charge in [-0.05, 0) is 44.4 Å². The van der Waals surface area contributed by atoms with E-state index in [0.717, 1.165) is 9.37 Å². The molecule has 1 atom stereocenters. The second-order valence-corrected chi connectivity index (χ2v) is 8.40. The quantitative estimate of drug-likeness (QED) is 0.626. The number of carbonyl (C=O) groups excluding carboxylic acids is 4. The van der Waals surface area contributed by atoms with Gasteiger partial charge in [0, 0.05) is 23.6 Å². The fraction of sp³-hybridized carbons (Fsp3) is 0.500. The van der Waals surface area contributed by atoms with Crippen LogP contribution in [0.2, 0.25) is 0 Å². The molecule has 2 saturated heterocycles. The molecule has 2 aliphatic heterocycles. The third-order valence-corrected chi connectivity index (χ3v) is 5.86. The molecule has 3 rings (SSSR count). The van der Waals surface area contributed by atoms with Crippen LogP contribution in [-0.4, -0.2) is 66.0 Å². The van der Waals surface area contributed by atoms with Crippen LogP contribution in [0.1, 0.15) is 32.3 Å².